The van der Waals surface area contributed by atoms with Gasteiger partial charge >= 0.3 is 0 Å². The average Bonchev–Trinajstić information content (AvgIpc) is 3.57. The van der Waals surface area contributed by atoms with Crippen molar-refractivity contribution in [1.29, 1.82) is 0 Å². The molecule has 2 bridgehead atoms. The van der Waals surface area contributed by atoms with Crippen molar-refractivity contribution in [2.24, 2.45) is 29.6 Å². The van der Waals surface area contributed by atoms with Gasteiger partial charge in [-0.15, -0.1) is 0 Å². The van der Waals surface area contributed by atoms with E-state index in [1.807, 2.05) is 81.6 Å². The first-order chi connectivity index (χ1) is 27.3. The predicted molar refractivity (Wildman–Crippen MR) is 223 cm³/mol. The number of aliphatic hydroxyl groups excluding tert-OH is 2. The molecule has 0 radical (unpaired) electrons. The van der Waals surface area contributed by atoms with Gasteiger partial charge in [-0.05, 0) is 81.8 Å². The van der Waals surface area contributed by atoms with Gasteiger partial charge in [-0.1, -0.05) is 61.6 Å². The number of carbonyl (C=O) groups is 2. The van der Waals surface area contributed by atoms with Crippen molar-refractivity contribution in [1.82, 2.24) is 20.6 Å². The summed E-state index contributed by atoms with van der Waals surface area (Å²) < 4.78 is 12.1. The second kappa shape index (κ2) is 18.3. The zero-order valence-corrected chi connectivity index (χ0v) is 34.9. The van der Waals surface area contributed by atoms with Crippen LogP contribution in [0.3, 0.4) is 0 Å². The van der Waals surface area contributed by atoms with Gasteiger partial charge in [0.25, 0.3) is 5.91 Å². The highest BCUT2D eigenvalue weighted by Crippen LogP contribution is 2.52. The second-order valence-electron chi connectivity index (χ2n) is 16.9. The van der Waals surface area contributed by atoms with E-state index < -0.39 is 24.2 Å². The Kier molecular flexibility index (Phi) is 13.6. The highest BCUT2D eigenvalue weighted by atomic mass is 16.7. The van der Waals surface area contributed by atoms with Crippen LogP contribution in [-0.2, 0) is 20.9 Å². The molecule has 2 aromatic rings. The number of methoxy groups -OCH3 is 2. The molecule has 12 heteroatoms. The number of anilines is 1. The molecule has 4 fully saturated rings. The average molecular weight is 786 g/mol. The zero-order chi connectivity index (χ0) is 41.1. The third-order valence-corrected chi connectivity index (χ3v) is 12.7. The molecule has 2 aromatic carbocycles. The fourth-order valence-electron chi connectivity index (χ4n) is 9.55. The number of hydrogen-bond donors (Lipinski definition) is 4. The Balaban J connectivity index is 1.29. The quantitative estimate of drug-likeness (QED) is 0.181. The first kappa shape index (κ1) is 42.6. The van der Waals surface area contributed by atoms with Crippen molar-refractivity contribution in [2.75, 3.05) is 60.5 Å². The molecule has 310 valence electrons. The molecule has 4 N–H and O–H groups in total. The maximum Gasteiger partial charge on any atom is 0.251 e. The molecule has 3 saturated carbocycles. The van der Waals surface area contributed by atoms with Crippen LogP contribution >= 0.6 is 0 Å². The lowest BCUT2D eigenvalue weighted by Gasteiger charge is -2.52. The number of aliphatic hydroxyl groups is 2. The van der Waals surface area contributed by atoms with Crippen molar-refractivity contribution in [3.8, 4) is 16.9 Å². The molecule has 11 atom stereocenters. The number of rotatable bonds is 16. The van der Waals surface area contributed by atoms with Gasteiger partial charge in [0.2, 0.25) is 5.91 Å². The van der Waals surface area contributed by atoms with E-state index in [1.165, 1.54) is 5.57 Å². The lowest BCUT2D eigenvalue weighted by molar-refractivity contribution is -0.182. The number of amides is 2. The van der Waals surface area contributed by atoms with Crippen LogP contribution in [0.1, 0.15) is 49.0 Å². The summed E-state index contributed by atoms with van der Waals surface area (Å²) in [7, 11) is 11.1. The van der Waals surface area contributed by atoms with Crippen LogP contribution in [-0.4, -0.2) is 124 Å². The van der Waals surface area contributed by atoms with Crippen molar-refractivity contribution < 1.29 is 34.1 Å². The SMILES string of the molecule is C=C1[C@H]2C[C@H](NC(=O)[C@@H]3[C@H]([C@H](C)O)[C@H](CO)ON3Cc3cccc(-c4cc(C(=O)N[C@H](CN(C)C)[C@H](OC)C5C=CC=CC5)cc(N(C)C)c4)c3OC)[C@@H](C)[C@@H]1C2. The largest absolute Gasteiger partial charge is 0.496 e. The summed E-state index contributed by atoms with van der Waals surface area (Å²) in [6.45, 7) is 8.47. The van der Waals surface area contributed by atoms with Gasteiger partial charge in [0.15, 0.2) is 0 Å². The number of nitrogens with one attached hydrogen (secondary N) is 2. The van der Waals surface area contributed by atoms with E-state index in [4.69, 9.17) is 14.3 Å². The maximum absolute atomic E-state index is 14.2. The van der Waals surface area contributed by atoms with Gasteiger partial charge < -0.3 is 40.1 Å². The Bertz CT molecular complexity index is 1830. The van der Waals surface area contributed by atoms with Crippen LogP contribution in [0.4, 0.5) is 5.69 Å². The van der Waals surface area contributed by atoms with Gasteiger partial charge in [-0.2, -0.15) is 5.06 Å². The lowest BCUT2D eigenvalue weighted by atomic mass is 9.56. The van der Waals surface area contributed by atoms with Gasteiger partial charge in [-0.25, -0.2) is 0 Å². The summed E-state index contributed by atoms with van der Waals surface area (Å²) in [4.78, 5) is 38.7. The molecular weight excluding hydrogens is 723 g/mol. The number of carbonyl (C=O) groups excluding carboxylic acids is 2. The zero-order valence-electron chi connectivity index (χ0n) is 34.9. The third-order valence-electron chi connectivity index (χ3n) is 12.7. The molecule has 1 aliphatic heterocycles. The van der Waals surface area contributed by atoms with Gasteiger partial charge in [0, 0.05) is 68.0 Å². The molecule has 57 heavy (non-hydrogen) atoms. The van der Waals surface area contributed by atoms with Crippen molar-refractivity contribution in [3.63, 3.8) is 0 Å². The molecule has 1 heterocycles. The van der Waals surface area contributed by atoms with Gasteiger partial charge in [-0.3, -0.25) is 14.4 Å². The predicted octanol–water partition coefficient (Wildman–Crippen LogP) is 4.43. The number of para-hydroxylation sites is 1. The standard InChI is InChI=1S/C45H63N5O7/c1-26-31-21-36(26)27(2)37(22-31)46-45(54)41-40(28(3)52)39(25-51)57-50(41)23-30-16-13-17-35(42(30)55-8)32-18-33(20-34(19-32)49(6)7)44(53)47-38(24-48(4)5)43(56-9)29-14-11-10-12-15-29/h10-14,16-20,27-29,31,36-41,43,51-52H,1,15,21-25H2,2-9H3,(H,46,54)(H,47,53)/t27-,28-,29?,31+,36+,37-,38+,39-,40+,41-,43+/m0/s1. The van der Waals surface area contributed by atoms with Crippen LogP contribution in [0.25, 0.3) is 11.1 Å². The maximum atomic E-state index is 14.2. The smallest absolute Gasteiger partial charge is 0.251 e. The summed E-state index contributed by atoms with van der Waals surface area (Å²) in [5.74, 6) is 0.663. The van der Waals surface area contributed by atoms with Crippen molar-refractivity contribution in [3.05, 3.63) is 84.0 Å². The first-order valence-corrected chi connectivity index (χ1v) is 20.3. The highest BCUT2D eigenvalue weighted by molar-refractivity contribution is 5.97. The molecule has 4 aliphatic carbocycles. The second-order valence-corrected chi connectivity index (χ2v) is 16.9. The minimum atomic E-state index is -0.918. The van der Waals surface area contributed by atoms with Gasteiger partial charge in [0.1, 0.15) is 17.9 Å². The minimum absolute atomic E-state index is 0.00976. The van der Waals surface area contributed by atoms with Crippen LogP contribution in [0.5, 0.6) is 5.75 Å². The third kappa shape index (κ3) is 9.01. The Labute approximate surface area is 338 Å². The Morgan fingerprint density at radius 3 is 2.47 bits per heavy atom. The van der Waals surface area contributed by atoms with Gasteiger partial charge in [0.05, 0.1) is 38.5 Å². The van der Waals surface area contributed by atoms with Crippen molar-refractivity contribution in [2.45, 2.75) is 76.1 Å². The van der Waals surface area contributed by atoms with Crippen LogP contribution in [0.15, 0.2) is 72.9 Å². The molecule has 0 spiro atoms. The highest BCUT2D eigenvalue weighted by Gasteiger charge is 2.52. The minimum Gasteiger partial charge on any atom is -0.496 e. The number of benzene rings is 2. The number of nitrogens with zero attached hydrogens (tertiary/aromatic N) is 3. The molecule has 5 aliphatic rings. The molecule has 1 saturated heterocycles. The first-order valence-electron chi connectivity index (χ1n) is 20.3. The molecule has 12 nitrogen and oxygen atoms in total. The Morgan fingerprint density at radius 2 is 1.88 bits per heavy atom. The number of ether oxygens (including phenoxy) is 2. The van der Waals surface area contributed by atoms with E-state index in [2.05, 4.69) is 41.2 Å². The fraction of sp³-hybridized carbons (Fsp3) is 0.556. The Morgan fingerprint density at radius 1 is 1.11 bits per heavy atom. The fourth-order valence-corrected chi connectivity index (χ4v) is 9.55. The molecular formula is C45H63N5O7. The normalized spacial score (nSPS) is 28.4. The summed E-state index contributed by atoms with van der Waals surface area (Å²) in [6.07, 6.45) is 9.19. The van der Waals surface area contributed by atoms with E-state index in [1.54, 1.807) is 26.2 Å². The molecule has 2 amide bonds. The summed E-state index contributed by atoms with van der Waals surface area (Å²) >= 11 is 0. The summed E-state index contributed by atoms with van der Waals surface area (Å²) in [5, 5.41) is 29.5. The van der Waals surface area contributed by atoms with Crippen LogP contribution in [0, 0.1) is 29.6 Å². The number of hydroxylamine groups is 2. The monoisotopic (exact) mass is 785 g/mol. The van der Waals surface area contributed by atoms with Crippen LogP contribution in [0.2, 0.25) is 0 Å². The number of allylic oxidation sites excluding steroid dienone is 4. The summed E-state index contributed by atoms with van der Waals surface area (Å²) in [6, 6.07) is 10.4. The van der Waals surface area contributed by atoms with E-state index >= 15 is 0 Å². The number of fused-ring (bicyclic) bond motifs is 2. The molecule has 1 unspecified atom stereocenters. The van der Waals surface area contributed by atoms with E-state index in [9.17, 15) is 19.8 Å². The molecule has 7 rings (SSSR count). The van der Waals surface area contributed by atoms with Crippen LogP contribution < -0.4 is 20.3 Å². The number of hydrogen-bond acceptors (Lipinski definition) is 10. The topological polar surface area (TPSA) is 136 Å². The lowest BCUT2D eigenvalue weighted by Crippen LogP contribution is -2.57. The number of likely N-dealkylation sites (N-methyl/N-ethyl adjacent to an activating group) is 1. The summed E-state index contributed by atoms with van der Waals surface area (Å²) in [5.41, 5.74) is 4.88. The Hall–Kier alpha value is -4.04. The van der Waals surface area contributed by atoms with Crippen molar-refractivity contribution >= 4 is 17.5 Å². The van der Waals surface area contributed by atoms with E-state index in [0.29, 0.717) is 29.7 Å². The molecule has 0 aromatic heterocycles. The van der Waals surface area contributed by atoms with E-state index in [0.717, 1.165) is 41.6 Å². The van der Waals surface area contributed by atoms with E-state index in [-0.39, 0.29) is 55.0 Å².